The number of fused-ring (bicyclic) bond motifs is 1. The molecule has 0 saturated heterocycles. The number of benzene rings is 3. The molecule has 21 heavy (non-hydrogen) atoms. The Hall–Kier alpha value is -1.76. The molecule has 0 aliphatic carbocycles. The van der Waals surface area contributed by atoms with Crippen LogP contribution < -0.4 is 0 Å². The zero-order chi connectivity index (χ0) is 13.9. The summed E-state index contributed by atoms with van der Waals surface area (Å²) >= 11 is 0. The Morgan fingerprint density at radius 2 is 1.71 bits per heavy atom. The molecule has 0 bridgehead atoms. The standard InChI is InChI=1S/C19H16N.Ir/c1-14-12-13-15-8-6-7-11-17(15)18(14)19(20-2)16-9-4-3-5-10-16;/h3-10,12-13H,1-2H3;/q-1;. The van der Waals surface area contributed by atoms with Crippen LogP contribution in [0.25, 0.3) is 10.8 Å². The Kier molecular flexibility index (Phi) is 5.06. The molecule has 1 nitrogen and oxygen atoms in total. The minimum atomic E-state index is 0. The molecule has 3 rings (SSSR count). The van der Waals surface area contributed by atoms with E-state index >= 15 is 0 Å². The zero-order valence-corrected chi connectivity index (χ0v) is 14.4. The normalized spacial score (nSPS) is 11.2. The molecule has 107 valence electrons. The van der Waals surface area contributed by atoms with E-state index in [0.717, 1.165) is 16.7 Å². The molecule has 3 aromatic rings. The molecule has 3 aromatic carbocycles. The van der Waals surface area contributed by atoms with Crippen molar-refractivity contribution in [3.63, 3.8) is 0 Å². The van der Waals surface area contributed by atoms with Crippen LogP contribution >= 0.6 is 0 Å². The fourth-order valence-electron chi connectivity index (χ4n) is 2.59. The van der Waals surface area contributed by atoms with Crippen molar-refractivity contribution in [3.8, 4) is 0 Å². The summed E-state index contributed by atoms with van der Waals surface area (Å²) in [5.74, 6) is 0. The van der Waals surface area contributed by atoms with Crippen LogP contribution in [0.5, 0.6) is 0 Å². The molecule has 0 spiro atoms. The average Bonchev–Trinajstić information content (AvgIpc) is 2.51. The third kappa shape index (κ3) is 2.97. The third-order valence-corrected chi connectivity index (χ3v) is 3.55. The second kappa shape index (κ2) is 6.80. The topological polar surface area (TPSA) is 12.4 Å². The molecular weight excluding hydrogens is 434 g/mol. The molecule has 0 atom stereocenters. The van der Waals surface area contributed by atoms with Gasteiger partial charge in [0.15, 0.2) is 0 Å². The van der Waals surface area contributed by atoms with Gasteiger partial charge < -0.3 is 0 Å². The molecular formula is C19H16IrN-. The first-order chi connectivity index (χ1) is 9.81. The molecule has 0 saturated carbocycles. The summed E-state index contributed by atoms with van der Waals surface area (Å²) in [6.45, 7) is 2.13. The van der Waals surface area contributed by atoms with Crippen molar-refractivity contribution < 1.29 is 20.1 Å². The molecule has 2 heteroatoms. The molecule has 0 N–H and O–H groups in total. The quantitative estimate of drug-likeness (QED) is 0.405. The Balaban J connectivity index is 0.00000161. The molecule has 0 amide bonds. The van der Waals surface area contributed by atoms with Crippen LogP contribution in [-0.4, -0.2) is 12.8 Å². The largest absolute Gasteiger partial charge is 0.297 e. The monoisotopic (exact) mass is 451 g/mol. The van der Waals surface area contributed by atoms with Crippen LogP contribution in [0.4, 0.5) is 0 Å². The number of hydrogen-bond donors (Lipinski definition) is 0. The SMILES string of the molecule is CN=C(c1ccccc1)c1c(C)ccc2ccc[c-]c12.[Ir]. The summed E-state index contributed by atoms with van der Waals surface area (Å²) in [6.07, 6.45) is 0. The van der Waals surface area contributed by atoms with Crippen molar-refractivity contribution in [2.24, 2.45) is 4.99 Å². The van der Waals surface area contributed by atoms with Crippen molar-refractivity contribution in [1.82, 2.24) is 0 Å². The van der Waals surface area contributed by atoms with Gasteiger partial charge in [-0.3, -0.25) is 4.99 Å². The van der Waals surface area contributed by atoms with Crippen molar-refractivity contribution in [2.45, 2.75) is 6.92 Å². The summed E-state index contributed by atoms with van der Waals surface area (Å²) in [5, 5.41) is 2.34. The van der Waals surface area contributed by atoms with Gasteiger partial charge in [0.2, 0.25) is 0 Å². The first-order valence-electron chi connectivity index (χ1n) is 6.74. The number of aliphatic imine (C=N–C) groups is 1. The number of nitrogens with zero attached hydrogens (tertiary/aromatic N) is 1. The van der Waals surface area contributed by atoms with Gasteiger partial charge in [0, 0.05) is 32.9 Å². The van der Waals surface area contributed by atoms with Gasteiger partial charge in [-0.05, 0) is 12.5 Å². The van der Waals surface area contributed by atoms with Crippen molar-refractivity contribution in [1.29, 1.82) is 0 Å². The van der Waals surface area contributed by atoms with E-state index in [9.17, 15) is 0 Å². The smallest absolute Gasteiger partial charge is 0.0310 e. The summed E-state index contributed by atoms with van der Waals surface area (Å²) in [5.41, 5.74) is 4.57. The first-order valence-corrected chi connectivity index (χ1v) is 6.74. The minimum absolute atomic E-state index is 0. The van der Waals surface area contributed by atoms with Crippen molar-refractivity contribution in [3.05, 3.63) is 83.4 Å². The minimum Gasteiger partial charge on any atom is -0.297 e. The maximum atomic E-state index is 4.54. The van der Waals surface area contributed by atoms with Gasteiger partial charge >= 0.3 is 0 Å². The second-order valence-corrected chi connectivity index (χ2v) is 4.83. The molecule has 0 aliphatic rings. The first kappa shape index (κ1) is 15.6. The van der Waals surface area contributed by atoms with Crippen LogP contribution in [0, 0.1) is 13.0 Å². The van der Waals surface area contributed by atoms with Crippen LogP contribution in [0.1, 0.15) is 16.7 Å². The van der Waals surface area contributed by atoms with E-state index in [2.05, 4.69) is 48.3 Å². The van der Waals surface area contributed by atoms with Crippen LogP contribution in [0.15, 0.2) is 65.7 Å². The second-order valence-electron chi connectivity index (χ2n) is 4.83. The van der Waals surface area contributed by atoms with E-state index in [1.54, 1.807) is 0 Å². The van der Waals surface area contributed by atoms with E-state index in [4.69, 9.17) is 0 Å². The van der Waals surface area contributed by atoms with Gasteiger partial charge in [0.1, 0.15) is 0 Å². The maximum absolute atomic E-state index is 4.54. The van der Waals surface area contributed by atoms with Gasteiger partial charge in [0.05, 0.1) is 0 Å². The molecule has 0 aromatic heterocycles. The van der Waals surface area contributed by atoms with Gasteiger partial charge in [-0.25, -0.2) is 0 Å². The van der Waals surface area contributed by atoms with Crippen molar-refractivity contribution >= 4 is 16.5 Å². The van der Waals surface area contributed by atoms with E-state index in [1.807, 2.05) is 37.4 Å². The van der Waals surface area contributed by atoms with E-state index in [0.29, 0.717) is 0 Å². The summed E-state index contributed by atoms with van der Waals surface area (Å²) < 4.78 is 0. The predicted molar refractivity (Wildman–Crippen MR) is 85.5 cm³/mol. The number of aryl methyl sites for hydroxylation is 1. The fraction of sp³-hybridized carbons (Fsp3) is 0.105. The molecule has 0 aliphatic heterocycles. The zero-order valence-electron chi connectivity index (χ0n) is 12.1. The number of hydrogen-bond acceptors (Lipinski definition) is 1. The average molecular weight is 451 g/mol. The van der Waals surface area contributed by atoms with Crippen LogP contribution in [0.2, 0.25) is 0 Å². The summed E-state index contributed by atoms with van der Waals surface area (Å²) in [6, 6.07) is 24.1. The molecule has 0 unspecified atom stereocenters. The Labute approximate surface area is 139 Å². The van der Waals surface area contributed by atoms with Crippen molar-refractivity contribution in [2.75, 3.05) is 7.05 Å². The van der Waals surface area contributed by atoms with E-state index in [-0.39, 0.29) is 20.1 Å². The number of rotatable bonds is 2. The van der Waals surface area contributed by atoms with Gasteiger partial charge in [-0.1, -0.05) is 53.6 Å². The predicted octanol–water partition coefficient (Wildman–Crippen LogP) is 4.41. The van der Waals surface area contributed by atoms with Crippen LogP contribution in [0.3, 0.4) is 0 Å². The third-order valence-electron chi connectivity index (χ3n) is 3.55. The summed E-state index contributed by atoms with van der Waals surface area (Å²) in [7, 11) is 1.85. The fourth-order valence-corrected chi connectivity index (χ4v) is 2.59. The maximum Gasteiger partial charge on any atom is 0.0310 e. The van der Waals surface area contributed by atoms with E-state index in [1.165, 1.54) is 16.5 Å². The molecule has 1 radical (unpaired) electrons. The van der Waals surface area contributed by atoms with Gasteiger partial charge in [-0.15, -0.1) is 35.0 Å². The molecule has 0 heterocycles. The van der Waals surface area contributed by atoms with Crippen LogP contribution in [-0.2, 0) is 20.1 Å². The van der Waals surface area contributed by atoms with E-state index < -0.39 is 0 Å². The Morgan fingerprint density at radius 3 is 2.43 bits per heavy atom. The Bertz CT molecular complexity index is 776. The Morgan fingerprint density at radius 1 is 0.952 bits per heavy atom. The summed E-state index contributed by atoms with van der Waals surface area (Å²) in [4.78, 5) is 4.54. The van der Waals surface area contributed by atoms with Gasteiger partial charge in [-0.2, -0.15) is 0 Å². The molecule has 0 fully saturated rings. The van der Waals surface area contributed by atoms with Gasteiger partial charge in [0.25, 0.3) is 0 Å².